The second-order valence-corrected chi connectivity index (χ2v) is 3.35. The molecule has 1 amide bonds. The normalized spacial score (nSPS) is 20.8. The number of carbonyl (C=O) groups is 2. The zero-order valence-electron chi connectivity index (χ0n) is 8.34. The van der Waals surface area contributed by atoms with Gasteiger partial charge in [0.1, 0.15) is 6.04 Å². The number of hydrogen-bond acceptors (Lipinski definition) is 3. The molecule has 0 aliphatic carbocycles. The first-order chi connectivity index (χ1) is 6.65. The van der Waals surface area contributed by atoms with Crippen molar-refractivity contribution in [2.24, 2.45) is 0 Å². The Bertz CT molecular complexity index is 244. The Morgan fingerprint density at radius 2 is 2.43 bits per heavy atom. The van der Waals surface area contributed by atoms with Crippen molar-refractivity contribution in [3.63, 3.8) is 0 Å². The average Bonchev–Trinajstić information content (AvgIpc) is 2.47. The monoisotopic (exact) mass is 197 g/mol. The maximum atomic E-state index is 11.3. The molecule has 0 aromatic carbocycles. The molecular formula is C10H15NO3. The summed E-state index contributed by atoms with van der Waals surface area (Å²) in [7, 11) is 0. The summed E-state index contributed by atoms with van der Waals surface area (Å²) in [4.78, 5) is 22.3. The Labute approximate surface area is 83.3 Å². The minimum absolute atomic E-state index is 0.248. The number of esters is 1. The van der Waals surface area contributed by atoms with Gasteiger partial charge in [-0.25, -0.2) is 4.79 Å². The fourth-order valence-electron chi connectivity index (χ4n) is 1.21. The molecule has 0 spiro atoms. The van der Waals surface area contributed by atoms with Crippen LogP contribution in [0.2, 0.25) is 0 Å². The quantitative estimate of drug-likeness (QED) is 0.411. The molecule has 1 unspecified atom stereocenters. The molecule has 4 nitrogen and oxygen atoms in total. The van der Waals surface area contributed by atoms with Crippen LogP contribution in [-0.4, -0.2) is 24.5 Å². The minimum Gasteiger partial charge on any atom is -0.464 e. The van der Waals surface area contributed by atoms with E-state index in [2.05, 4.69) is 11.9 Å². The number of carbonyl (C=O) groups excluding carboxylic acids is 2. The number of unbranched alkanes of at least 4 members (excludes halogenated alkanes) is 1. The van der Waals surface area contributed by atoms with Crippen LogP contribution in [0.25, 0.3) is 0 Å². The highest BCUT2D eigenvalue weighted by Crippen LogP contribution is 2.13. The van der Waals surface area contributed by atoms with Crippen molar-refractivity contribution in [1.82, 2.24) is 5.32 Å². The summed E-state index contributed by atoms with van der Waals surface area (Å²) in [5.74, 6) is -0.604. The van der Waals surface area contributed by atoms with Crippen LogP contribution in [0.3, 0.4) is 0 Å². The lowest BCUT2D eigenvalue weighted by atomic mass is 10.2. The molecule has 1 aliphatic heterocycles. The van der Waals surface area contributed by atoms with E-state index in [9.17, 15) is 9.59 Å². The van der Waals surface area contributed by atoms with E-state index < -0.39 is 6.04 Å². The Hall–Kier alpha value is -1.32. The van der Waals surface area contributed by atoms with Gasteiger partial charge in [-0.2, -0.15) is 0 Å². The van der Waals surface area contributed by atoms with Gasteiger partial charge in [-0.05, 0) is 6.42 Å². The first-order valence-corrected chi connectivity index (χ1v) is 4.80. The van der Waals surface area contributed by atoms with Gasteiger partial charge in [0.15, 0.2) is 0 Å². The van der Waals surface area contributed by atoms with E-state index in [1.54, 1.807) is 0 Å². The van der Waals surface area contributed by atoms with Crippen molar-refractivity contribution in [1.29, 1.82) is 0 Å². The summed E-state index contributed by atoms with van der Waals surface area (Å²) in [5, 5.41) is 2.52. The Balaban J connectivity index is 2.32. The van der Waals surface area contributed by atoms with E-state index in [0.717, 1.165) is 12.8 Å². The van der Waals surface area contributed by atoms with Gasteiger partial charge >= 0.3 is 5.97 Å². The molecule has 0 aromatic heterocycles. The zero-order chi connectivity index (χ0) is 10.6. The maximum Gasteiger partial charge on any atom is 0.328 e. The largest absolute Gasteiger partial charge is 0.464 e. The molecule has 0 radical (unpaired) electrons. The summed E-state index contributed by atoms with van der Waals surface area (Å²) in [6.07, 6.45) is 2.20. The van der Waals surface area contributed by atoms with Crippen LogP contribution in [0.5, 0.6) is 0 Å². The first kappa shape index (κ1) is 10.8. The smallest absolute Gasteiger partial charge is 0.328 e. The van der Waals surface area contributed by atoms with Crippen LogP contribution in [0, 0.1) is 0 Å². The molecule has 1 atom stereocenters. The fraction of sp³-hybridized carbons (Fsp3) is 0.600. The van der Waals surface area contributed by atoms with Gasteiger partial charge in [0, 0.05) is 12.0 Å². The van der Waals surface area contributed by atoms with Gasteiger partial charge < -0.3 is 10.1 Å². The maximum absolute atomic E-state index is 11.3. The molecule has 78 valence electrons. The van der Waals surface area contributed by atoms with Gasteiger partial charge in [-0.15, -0.1) is 0 Å². The lowest BCUT2D eigenvalue weighted by Crippen LogP contribution is -2.34. The third-order valence-electron chi connectivity index (χ3n) is 2.10. The van der Waals surface area contributed by atoms with E-state index in [1.165, 1.54) is 0 Å². The van der Waals surface area contributed by atoms with Crippen molar-refractivity contribution in [3.05, 3.63) is 12.2 Å². The molecule has 1 aliphatic rings. The summed E-state index contributed by atoms with van der Waals surface area (Å²) < 4.78 is 4.97. The molecule has 0 saturated carbocycles. The number of amides is 1. The van der Waals surface area contributed by atoms with Crippen molar-refractivity contribution in [2.75, 3.05) is 6.61 Å². The number of rotatable bonds is 4. The number of ether oxygens (including phenoxy) is 1. The van der Waals surface area contributed by atoms with Crippen LogP contribution in [-0.2, 0) is 14.3 Å². The van der Waals surface area contributed by atoms with Crippen LogP contribution >= 0.6 is 0 Å². The summed E-state index contributed by atoms with van der Waals surface area (Å²) >= 11 is 0. The van der Waals surface area contributed by atoms with Crippen molar-refractivity contribution >= 4 is 11.9 Å². The van der Waals surface area contributed by atoms with Gasteiger partial charge in [0.05, 0.1) is 6.61 Å². The average molecular weight is 197 g/mol. The van der Waals surface area contributed by atoms with E-state index in [4.69, 9.17) is 4.74 Å². The standard InChI is InChI=1S/C10H15NO3/c1-3-4-5-14-10(13)8-6-7(2)9(12)11-8/h8H,2-6H2,1H3,(H,11,12). The van der Waals surface area contributed by atoms with Crippen molar-refractivity contribution < 1.29 is 14.3 Å². The van der Waals surface area contributed by atoms with Gasteiger partial charge in [0.2, 0.25) is 5.91 Å². The van der Waals surface area contributed by atoms with Gasteiger partial charge in [-0.1, -0.05) is 19.9 Å². The molecule has 1 N–H and O–H groups in total. The van der Waals surface area contributed by atoms with Crippen LogP contribution in [0.4, 0.5) is 0 Å². The molecule has 1 fully saturated rings. The third kappa shape index (κ3) is 2.58. The number of nitrogens with one attached hydrogen (secondary N) is 1. The van der Waals surface area contributed by atoms with E-state index in [0.29, 0.717) is 18.6 Å². The van der Waals surface area contributed by atoms with Crippen LogP contribution < -0.4 is 5.32 Å². The van der Waals surface area contributed by atoms with Crippen molar-refractivity contribution in [2.45, 2.75) is 32.2 Å². The minimum atomic E-state index is -0.521. The number of hydrogen-bond donors (Lipinski definition) is 1. The van der Waals surface area contributed by atoms with Gasteiger partial charge in [0.25, 0.3) is 0 Å². The zero-order valence-corrected chi connectivity index (χ0v) is 8.34. The summed E-state index contributed by atoms with van der Waals surface area (Å²) in [6.45, 7) is 5.99. The molecule has 0 bridgehead atoms. The highest BCUT2D eigenvalue weighted by atomic mass is 16.5. The molecule has 1 saturated heterocycles. The van der Waals surface area contributed by atoms with Crippen LogP contribution in [0.1, 0.15) is 26.2 Å². The molecule has 1 rings (SSSR count). The second-order valence-electron chi connectivity index (χ2n) is 3.35. The molecular weight excluding hydrogens is 182 g/mol. The SMILES string of the molecule is C=C1CC(C(=O)OCCCC)NC1=O. The Kier molecular flexibility index (Phi) is 3.68. The molecule has 1 heterocycles. The fourth-order valence-corrected chi connectivity index (χ4v) is 1.21. The Morgan fingerprint density at radius 1 is 1.71 bits per heavy atom. The molecule has 14 heavy (non-hydrogen) atoms. The lowest BCUT2D eigenvalue weighted by molar-refractivity contribution is -0.146. The Morgan fingerprint density at radius 3 is 2.93 bits per heavy atom. The third-order valence-corrected chi connectivity index (χ3v) is 2.10. The predicted octanol–water partition coefficient (Wildman–Crippen LogP) is 0.774. The lowest BCUT2D eigenvalue weighted by Gasteiger charge is -2.08. The van der Waals surface area contributed by atoms with Crippen molar-refractivity contribution in [3.8, 4) is 0 Å². The summed E-state index contributed by atoms with van der Waals surface area (Å²) in [5.41, 5.74) is 0.447. The topological polar surface area (TPSA) is 55.4 Å². The highest BCUT2D eigenvalue weighted by molar-refractivity contribution is 6.00. The van der Waals surface area contributed by atoms with E-state index in [-0.39, 0.29) is 11.9 Å². The van der Waals surface area contributed by atoms with E-state index >= 15 is 0 Å². The highest BCUT2D eigenvalue weighted by Gasteiger charge is 2.31. The summed E-state index contributed by atoms with van der Waals surface area (Å²) in [6, 6.07) is -0.521. The molecule has 0 aromatic rings. The molecule has 4 heteroatoms. The van der Waals surface area contributed by atoms with Crippen LogP contribution in [0.15, 0.2) is 12.2 Å². The van der Waals surface area contributed by atoms with Gasteiger partial charge in [-0.3, -0.25) is 4.79 Å². The second kappa shape index (κ2) is 4.79. The first-order valence-electron chi connectivity index (χ1n) is 4.80. The van der Waals surface area contributed by atoms with E-state index in [1.807, 2.05) is 6.92 Å². The predicted molar refractivity (Wildman–Crippen MR) is 51.6 cm³/mol.